The molecule has 0 saturated heterocycles. The van der Waals surface area contributed by atoms with Gasteiger partial charge in [-0.1, -0.05) is 19.3 Å². The zero-order valence-electron chi connectivity index (χ0n) is 11.1. The second-order valence-corrected chi connectivity index (χ2v) is 4.99. The molecule has 0 unspecified atom stereocenters. The van der Waals surface area contributed by atoms with E-state index in [0.717, 1.165) is 25.5 Å². The van der Waals surface area contributed by atoms with Gasteiger partial charge in [-0.05, 0) is 12.8 Å². The number of hydrogen-bond acceptors (Lipinski definition) is 4. The first-order valence-electron chi connectivity index (χ1n) is 6.49. The summed E-state index contributed by atoms with van der Waals surface area (Å²) in [7, 11) is 0. The van der Waals surface area contributed by atoms with Gasteiger partial charge in [-0.25, -0.2) is 9.97 Å². The summed E-state index contributed by atoms with van der Waals surface area (Å²) in [5.41, 5.74) is -2.25. The number of carbonyl (C=O) groups excluding carboxylic acids is 1. The third-order valence-corrected chi connectivity index (χ3v) is 3.54. The maximum atomic E-state index is 12.4. The molecular formula is C13H13F3N4O. The number of halogens is 3. The summed E-state index contributed by atoms with van der Waals surface area (Å²) < 4.78 is 37.1. The Morgan fingerprint density at radius 2 is 1.90 bits per heavy atom. The zero-order chi connectivity index (χ0) is 15.5. The van der Waals surface area contributed by atoms with Crippen molar-refractivity contribution >= 4 is 11.7 Å². The van der Waals surface area contributed by atoms with Crippen LogP contribution in [0.5, 0.6) is 0 Å². The van der Waals surface area contributed by atoms with Gasteiger partial charge in [-0.3, -0.25) is 4.79 Å². The number of hydrogen-bond donors (Lipinski definition) is 1. The first-order valence-corrected chi connectivity index (χ1v) is 6.49. The quantitative estimate of drug-likeness (QED) is 0.910. The molecule has 8 heteroatoms. The van der Waals surface area contributed by atoms with Gasteiger partial charge in [0.05, 0.1) is 18.5 Å². The van der Waals surface area contributed by atoms with Crippen LogP contribution in [0.1, 0.15) is 37.8 Å². The second-order valence-electron chi connectivity index (χ2n) is 4.99. The highest BCUT2D eigenvalue weighted by Gasteiger charge is 2.40. The highest BCUT2D eigenvalue weighted by Crippen LogP contribution is 2.36. The van der Waals surface area contributed by atoms with Gasteiger partial charge in [0.2, 0.25) is 5.91 Å². The molecule has 1 aliphatic rings. The number of nitriles is 1. The topological polar surface area (TPSA) is 78.7 Å². The van der Waals surface area contributed by atoms with Gasteiger partial charge in [0, 0.05) is 0 Å². The maximum absolute atomic E-state index is 12.4. The average Bonchev–Trinajstić information content (AvgIpc) is 2.47. The molecule has 21 heavy (non-hydrogen) atoms. The molecule has 1 amide bonds. The molecule has 1 aromatic rings. The van der Waals surface area contributed by atoms with Crippen LogP contribution in [0.2, 0.25) is 0 Å². The van der Waals surface area contributed by atoms with Crippen molar-refractivity contribution in [3.8, 4) is 6.07 Å². The minimum Gasteiger partial charge on any atom is -0.308 e. The van der Waals surface area contributed by atoms with E-state index in [1.54, 1.807) is 0 Å². The fourth-order valence-corrected chi connectivity index (χ4v) is 2.32. The van der Waals surface area contributed by atoms with Gasteiger partial charge in [-0.15, -0.1) is 0 Å². The lowest BCUT2D eigenvalue weighted by atomic mass is 9.74. The molecule has 0 radical (unpaired) electrons. The highest BCUT2D eigenvalue weighted by atomic mass is 19.4. The Morgan fingerprint density at radius 3 is 2.38 bits per heavy atom. The molecular weight excluding hydrogens is 285 g/mol. The third kappa shape index (κ3) is 3.29. The lowest BCUT2D eigenvalue weighted by Crippen LogP contribution is -2.37. The van der Waals surface area contributed by atoms with Gasteiger partial charge < -0.3 is 5.32 Å². The van der Waals surface area contributed by atoms with Crippen molar-refractivity contribution in [1.82, 2.24) is 9.97 Å². The molecule has 1 heterocycles. The van der Waals surface area contributed by atoms with Crippen LogP contribution in [0, 0.1) is 16.7 Å². The molecule has 1 fully saturated rings. The average molecular weight is 298 g/mol. The number of aromatic nitrogens is 2. The molecule has 0 aromatic carbocycles. The third-order valence-electron chi connectivity index (χ3n) is 3.54. The van der Waals surface area contributed by atoms with Crippen LogP contribution < -0.4 is 5.32 Å². The van der Waals surface area contributed by atoms with Crippen molar-refractivity contribution < 1.29 is 18.0 Å². The molecule has 1 N–H and O–H groups in total. The van der Waals surface area contributed by atoms with Crippen LogP contribution in [-0.2, 0) is 11.0 Å². The van der Waals surface area contributed by atoms with E-state index in [1.165, 1.54) is 0 Å². The van der Waals surface area contributed by atoms with E-state index in [9.17, 15) is 23.2 Å². The van der Waals surface area contributed by atoms with Crippen molar-refractivity contribution in [3.63, 3.8) is 0 Å². The van der Waals surface area contributed by atoms with Crippen LogP contribution >= 0.6 is 0 Å². The van der Waals surface area contributed by atoms with E-state index < -0.39 is 23.2 Å². The van der Waals surface area contributed by atoms with Gasteiger partial charge in [-0.2, -0.15) is 18.4 Å². The molecule has 0 atom stereocenters. The number of amides is 1. The molecule has 1 aliphatic carbocycles. The summed E-state index contributed by atoms with van der Waals surface area (Å²) in [4.78, 5) is 18.9. The first-order chi connectivity index (χ1) is 9.87. The molecule has 1 aromatic heterocycles. The predicted octanol–water partition coefficient (Wildman–Crippen LogP) is 2.91. The number of anilines is 1. The summed E-state index contributed by atoms with van der Waals surface area (Å²) >= 11 is 0. The summed E-state index contributed by atoms with van der Waals surface area (Å²) in [5.74, 6) is -0.619. The molecule has 0 bridgehead atoms. The van der Waals surface area contributed by atoms with Crippen LogP contribution in [0.15, 0.2) is 12.4 Å². The lowest BCUT2D eigenvalue weighted by molar-refractivity contribution is -0.141. The van der Waals surface area contributed by atoms with E-state index in [-0.39, 0.29) is 5.82 Å². The van der Waals surface area contributed by atoms with Gasteiger partial charge >= 0.3 is 6.18 Å². The fourth-order valence-electron chi connectivity index (χ4n) is 2.32. The van der Waals surface area contributed by atoms with Crippen LogP contribution in [0.3, 0.4) is 0 Å². The zero-order valence-corrected chi connectivity index (χ0v) is 11.1. The minimum atomic E-state index is -4.58. The minimum absolute atomic E-state index is 0.0896. The van der Waals surface area contributed by atoms with Gasteiger partial charge in [0.15, 0.2) is 11.5 Å². The van der Waals surface area contributed by atoms with Crippen molar-refractivity contribution in [2.45, 2.75) is 38.3 Å². The largest absolute Gasteiger partial charge is 0.434 e. The summed E-state index contributed by atoms with van der Waals surface area (Å²) in [6.07, 6.45) is 0.236. The summed E-state index contributed by atoms with van der Waals surface area (Å²) in [6.45, 7) is 0. The van der Waals surface area contributed by atoms with E-state index in [0.29, 0.717) is 19.0 Å². The molecule has 112 valence electrons. The fraction of sp³-hybridized carbons (Fsp3) is 0.538. The molecule has 2 rings (SSSR count). The Balaban J connectivity index is 2.11. The van der Waals surface area contributed by atoms with E-state index in [1.807, 2.05) is 6.07 Å². The van der Waals surface area contributed by atoms with Crippen molar-refractivity contribution in [1.29, 1.82) is 5.26 Å². The number of alkyl halides is 3. The molecule has 1 saturated carbocycles. The van der Waals surface area contributed by atoms with Crippen molar-refractivity contribution in [2.24, 2.45) is 5.41 Å². The Hall–Kier alpha value is -2.17. The monoisotopic (exact) mass is 298 g/mol. The lowest BCUT2D eigenvalue weighted by Gasteiger charge is -2.28. The maximum Gasteiger partial charge on any atom is 0.434 e. The molecule has 0 aliphatic heterocycles. The van der Waals surface area contributed by atoms with Crippen molar-refractivity contribution in [3.05, 3.63) is 18.1 Å². The van der Waals surface area contributed by atoms with Crippen molar-refractivity contribution in [2.75, 3.05) is 5.32 Å². The van der Waals surface area contributed by atoms with Crippen LogP contribution in [0.4, 0.5) is 19.0 Å². The highest BCUT2D eigenvalue weighted by molar-refractivity contribution is 5.96. The number of rotatable bonds is 2. The smallest absolute Gasteiger partial charge is 0.308 e. The van der Waals surface area contributed by atoms with Crippen LogP contribution in [-0.4, -0.2) is 15.9 Å². The molecule has 0 spiro atoms. The van der Waals surface area contributed by atoms with E-state index in [4.69, 9.17) is 0 Å². The summed E-state index contributed by atoms with van der Waals surface area (Å²) in [5, 5.41) is 11.6. The van der Waals surface area contributed by atoms with E-state index >= 15 is 0 Å². The Bertz CT molecular complexity index is 556. The Kier molecular flexibility index (Phi) is 4.11. The number of nitrogens with zero attached hydrogens (tertiary/aromatic N) is 3. The van der Waals surface area contributed by atoms with E-state index in [2.05, 4.69) is 15.3 Å². The standard InChI is InChI=1S/C13H13F3N4O/c14-13(15,16)9-6-19-10(7-18-9)20-11(21)12(8-17)4-2-1-3-5-12/h6-7H,1-5H2,(H,19,20,21). The summed E-state index contributed by atoms with van der Waals surface area (Å²) in [6, 6.07) is 2.03. The number of carbonyl (C=O) groups is 1. The van der Waals surface area contributed by atoms with Crippen LogP contribution in [0.25, 0.3) is 0 Å². The van der Waals surface area contributed by atoms with Gasteiger partial charge in [0.1, 0.15) is 5.41 Å². The normalized spacial score (nSPS) is 17.8. The second kappa shape index (κ2) is 5.68. The Morgan fingerprint density at radius 1 is 1.24 bits per heavy atom. The number of nitrogens with one attached hydrogen (secondary N) is 1. The Labute approximate surface area is 119 Å². The SMILES string of the molecule is N#CC1(C(=O)Nc2cnc(C(F)(F)F)cn2)CCCCC1. The predicted molar refractivity (Wildman–Crippen MR) is 66.8 cm³/mol. The van der Waals surface area contributed by atoms with Gasteiger partial charge in [0.25, 0.3) is 0 Å². The first kappa shape index (κ1) is 15.2. The molecule has 5 nitrogen and oxygen atoms in total.